The van der Waals surface area contributed by atoms with E-state index in [2.05, 4.69) is 62.9 Å². The number of carbonyl (C=O) groups excluding carboxylic acids is 1. The topological polar surface area (TPSA) is 140 Å². The number of terminal acetylenes is 2. The minimum absolute atomic E-state index is 0. The predicted molar refractivity (Wildman–Crippen MR) is 241 cm³/mol. The molecule has 0 atom stereocenters. The SMILES string of the molecule is C.C.C#Cc1ccc(C#C)cc1.C=CC(=O)C=CC.N#Cc1ccc(C#Cc2ccc(C#Cc3ccc(C#N)c(C#N)c3)cc2)cc1C#N.[C-]#[N+]c1cc(Br)ccc1C#N. The van der Waals surface area contributed by atoms with Crippen LogP contribution in [0, 0.1) is 112 Å². The summed E-state index contributed by atoms with van der Waals surface area (Å²) in [4.78, 5) is 13.4. The van der Waals surface area contributed by atoms with E-state index in [1.807, 2.05) is 78.9 Å². The molecule has 0 saturated heterocycles. The van der Waals surface area contributed by atoms with Crippen molar-refractivity contribution in [2.24, 2.45) is 0 Å². The molecular weight excluding hydrogens is 805 g/mol. The number of ketones is 1. The van der Waals surface area contributed by atoms with E-state index < -0.39 is 0 Å². The molecule has 0 N–H and O–H groups in total. The molecule has 0 fully saturated rings. The summed E-state index contributed by atoms with van der Waals surface area (Å²) in [5.74, 6) is 17.0. The number of hydrogen-bond acceptors (Lipinski definition) is 6. The van der Waals surface area contributed by atoms with Gasteiger partial charge >= 0.3 is 0 Å². The van der Waals surface area contributed by atoms with Crippen molar-refractivity contribution in [1.29, 1.82) is 26.3 Å². The summed E-state index contributed by atoms with van der Waals surface area (Å²) < 4.78 is 0.822. The van der Waals surface area contributed by atoms with Crippen LogP contribution >= 0.6 is 15.9 Å². The molecule has 0 heterocycles. The molecule has 5 rings (SSSR count). The lowest BCUT2D eigenvalue weighted by Gasteiger charge is -1.96. The Hall–Kier alpha value is -9.09. The second-order valence-corrected chi connectivity index (χ2v) is 11.8. The van der Waals surface area contributed by atoms with Crippen molar-refractivity contribution < 1.29 is 4.79 Å². The van der Waals surface area contributed by atoms with Gasteiger partial charge in [0.05, 0.1) is 40.5 Å². The zero-order valence-corrected chi connectivity index (χ0v) is 32.5. The molecule has 0 unspecified atom stereocenters. The van der Waals surface area contributed by atoms with Gasteiger partial charge in [0, 0.05) is 37.9 Å². The van der Waals surface area contributed by atoms with Gasteiger partial charge in [-0.05, 0) is 116 Å². The molecule has 0 bridgehead atoms. The van der Waals surface area contributed by atoms with Crippen molar-refractivity contribution in [2.45, 2.75) is 21.8 Å². The van der Waals surface area contributed by atoms with Crippen LogP contribution in [0.25, 0.3) is 4.85 Å². The van der Waals surface area contributed by atoms with E-state index >= 15 is 0 Å². The first-order chi connectivity index (χ1) is 28.1. The summed E-state index contributed by atoms with van der Waals surface area (Å²) in [6.45, 7) is 11.8. The van der Waals surface area contributed by atoms with Crippen molar-refractivity contribution in [2.75, 3.05) is 0 Å². The molecular formula is C52H35BrN6O. The smallest absolute Gasteiger partial charge is 0.205 e. The Morgan fingerprint density at radius 2 is 0.933 bits per heavy atom. The lowest BCUT2D eigenvalue weighted by Crippen LogP contribution is -1.86. The first-order valence-corrected chi connectivity index (χ1v) is 17.3. The van der Waals surface area contributed by atoms with Crippen molar-refractivity contribution >= 4 is 27.4 Å². The van der Waals surface area contributed by atoms with Crippen LogP contribution in [-0.2, 0) is 4.79 Å². The summed E-state index contributed by atoms with van der Waals surface area (Å²) in [5, 5.41) is 44.6. The fraction of sp³-hybridized carbons (Fsp3) is 0.0577. The molecule has 0 aliphatic heterocycles. The molecule has 8 heteroatoms. The van der Waals surface area contributed by atoms with Crippen LogP contribution < -0.4 is 0 Å². The number of hydrogen-bond donors (Lipinski definition) is 0. The maximum absolute atomic E-state index is 10.2. The van der Waals surface area contributed by atoms with Crippen LogP contribution in [0.5, 0.6) is 0 Å². The van der Waals surface area contributed by atoms with Gasteiger partial charge in [-0.25, -0.2) is 4.85 Å². The highest BCUT2D eigenvalue weighted by atomic mass is 79.9. The Kier molecular flexibility index (Phi) is 24.0. The van der Waals surface area contributed by atoms with Crippen molar-refractivity contribution in [1.82, 2.24) is 0 Å². The van der Waals surface area contributed by atoms with E-state index in [1.54, 1.807) is 67.6 Å². The number of nitriles is 5. The van der Waals surface area contributed by atoms with Crippen molar-refractivity contribution in [3.05, 3.63) is 205 Å². The average molecular weight is 840 g/mol. The highest BCUT2D eigenvalue weighted by Gasteiger charge is 2.03. The van der Waals surface area contributed by atoms with Gasteiger partial charge in [0.15, 0.2) is 5.78 Å². The Bertz CT molecular complexity index is 2680. The second-order valence-electron chi connectivity index (χ2n) is 10.9. The normalized spacial score (nSPS) is 8.23. The molecule has 7 nitrogen and oxygen atoms in total. The molecule has 60 heavy (non-hydrogen) atoms. The van der Waals surface area contributed by atoms with Gasteiger partial charge in [0.1, 0.15) is 24.3 Å². The minimum Gasteiger partial charge on any atom is -0.290 e. The van der Waals surface area contributed by atoms with Crippen LogP contribution in [0.3, 0.4) is 0 Å². The molecule has 0 aliphatic rings. The zero-order chi connectivity index (χ0) is 42.7. The van der Waals surface area contributed by atoms with E-state index in [0.29, 0.717) is 44.6 Å². The number of rotatable bonds is 2. The van der Waals surface area contributed by atoms with E-state index in [9.17, 15) is 4.79 Å². The Balaban J connectivity index is 0.000000947. The van der Waals surface area contributed by atoms with Gasteiger partial charge < -0.3 is 0 Å². The van der Waals surface area contributed by atoms with E-state index in [-0.39, 0.29) is 20.6 Å². The maximum atomic E-state index is 10.2. The third-order valence-electron chi connectivity index (χ3n) is 7.06. The monoisotopic (exact) mass is 838 g/mol. The van der Waals surface area contributed by atoms with E-state index in [0.717, 1.165) is 26.7 Å². The first-order valence-electron chi connectivity index (χ1n) is 16.5. The van der Waals surface area contributed by atoms with Crippen LogP contribution in [0.4, 0.5) is 5.69 Å². The van der Waals surface area contributed by atoms with Crippen LogP contribution in [0.15, 0.2) is 132 Å². The number of halogens is 1. The summed E-state index contributed by atoms with van der Waals surface area (Å²) >= 11 is 3.21. The van der Waals surface area contributed by atoms with Crippen LogP contribution in [0.1, 0.15) is 83.0 Å². The summed E-state index contributed by atoms with van der Waals surface area (Å²) in [6.07, 6.45) is 14.7. The third-order valence-corrected chi connectivity index (χ3v) is 7.55. The van der Waals surface area contributed by atoms with Gasteiger partial charge in [-0.2, -0.15) is 26.3 Å². The standard InChI is InChI=1S/C26H10N4.C10H6.C8H3BrN2.C6H8O.2CH4/c27-15-23-11-9-21(13-25(23)17-29)7-5-19-1-2-20(4-3-19)6-8-22-10-12-24(16-28)26(14-22)18-30;1-3-9-5-7-10(4-2)8-6-9;1-11-8-4-7(9)3-2-6(8)5-10;1-3-5-6(7)4-2;;/h1-4,9-14H;1-2,5-8H;2-4H;3-5H,2H2,1H3;2*1H4. The third kappa shape index (κ3) is 17.1. The molecule has 5 aromatic carbocycles. The fourth-order valence-corrected chi connectivity index (χ4v) is 4.49. The number of nitrogens with zero attached hydrogens (tertiary/aromatic N) is 6. The van der Waals surface area contributed by atoms with Gasteiger partial charge in [0.25, 0.3) is 0 Å². The number of benzene rings is 5. The van der Waals surface area contributed by atoms with Crippen molar-refractivity contribution in [3.63, 3.8) is 0 Å². The number of allylic oxidation sites excluding steroid dienone is 3. The highest BCUT2D eigenvalue weighted by molar-refractivity contribution is 9.10. The maximum Gasteiger partial charge on any atom is 0.205 e. The molecule has 0 amide bonds. The van der Waals surface area contributed by atoms with Gasteiger partial charge in [-0.3, -0.25) is 4.79 Å². The van der Waals surface area contributed by atoms with E-state index in [1.165, 1.54) is 12.2 Å². The molecule has 0 aliphatic carbocycles. The largest absolute Gasteiger partial charge is 0.290 e. The lowest BCUT2D eigenvalue weighted by atomic mass is 10.0. The summed E-state index contributed by atoms with van der Waals surface area (Å²) in [5.41, 5.74) is 6.68. The molecule has 5 aromatic rings. The number of carbonyl (C=O) groups is 1. The first kappa shape index (κ1) is 50.9. The fourth-order valence-electron chi connectivity index (χ4n) is 4.14. The average Bonchev–Trinajstić information content (AvgIpc) is 3.28. The van der Waals surface area contributed by atoms with Crippen LogP contribution in [0.2, 0.25) is 0 Å². The van der Waals surface area contributed by atoms with Gasteiger partial charge in [-0.1, -0.05) is 85.0 Å². The molecule has 286 valence electrons. The molecule has 0 aromatic heterocycles. The molecule has 0 radical (unpaired) electrons. The molecule has 0 spiro atoms. The van der Waals surface area contributed by atoms with Crippen molar-refractivity contribution in [3.8, 4) is 78.7 Å². The zero-order valence-electron chi connectivity index (χ0n) is 30.9. The highest BCUT2D eigenvalue weighted by Crippen LogP contribution is 2.23. The summed E-state index contributed by atoms with van der Waals surface area (Å²) in [7, 11) is 0. The summed E-state index contributed by atoms with van der Waals surface area (Å²) in [6, 6.07) is 39.3. The van der Waals surface area contributed by atoms with Crippen LogP contribution in [-0.4, -0.2) is 5.78 Å². The molecule has 0 saturated carbocycles. The Morgan fingerprint density at radius 3 is 1.25 bits per heavy atom. The van der Waals surface area contributed by atoms with Gasteiger partial charge in [-0.15, -0.1) is 12.8 Å². The second kappa shape index (κ2) is 28.3. The Labute approximate surface area is 362 Å². The van der Waals surface area contributed by atoms with Gasteiger partial charge in [0.2, 0.25) is 5.69 Å². The van der Waals surface area contributed by atoms with E-state index in [4.69, 9.17) is 45.7 Å². The predicted octanol–water partition coefficient (Wildman–Crippen LogP) is 11.1. The lowest BCUT2D eigenvalue weighted by molar-refractivity contribution is -0.110. The minimum atomic E-state index is -0.0394. The Morgan fingerprint density at radius 1 is 0.583 bits per heavy atom. The quantitative estimate of drug-likeness (QED) is 0.0984.